The minimum atomic E-state index is -0.911. The highest BCUT2D eigenvalue weighted by Crippen LogP contribution is 2.35. The molecule has 0 unspecified atom stereocenters. The average molecular weight is 499 g/mol. The van der Waals surface area contributed by atoms with Crippen LogP contribution in [0.4, 0.5) is 11.8 Å². The van der Waals surface area contributed by atoms with Gasteiger partial charge in [-0.1, -0.05) is 24.1 Å². The molecule has 5 rings (SSSR count). The Labute approximate surface area is 213 Å². The SMILES string of the molecule is C#Cc1c(Cc2cnc(N)nc2N)cc2c(c1OC)c(=O)c(C(N)=O)c(OC)n2CC.c1cc2cc-2c1. The summed E-state index contributed by atoms with van der Waals surface area (Å²) in [5.74, 6) is 2.14. The number of carbonyl (C=O) groups is 1. The lowest BCUT2D eigenvalue weighted by Gasteiger charge is -2.20. The van der Waals surface area contributed by atoms with Crippen molar-refractivity contribution < 1.29 is 14.3 Å². The maximum atomic E-state index is 13.2. The number of nitrogens with two attached hydrogens (primary N) is 3. The lowest BCUT2D eigenvalue weighted by Crippen LogP contribution is -2.27. The highest BCUT2D eigenvalue weighted by molar-refractivity contribution is 6.01. The van der Waals surface area contributed by atoms with E-state index in [-0.39, 0.29) is 40.8 Å². The van der Waals surface area contributed by atoms with Crippen LogP contribution in [0.5, 0.6) is 11.6 Å². The van der Waals surface area contributed by atoms with Gasteiger partial charge in [0, 0.05) is 24.7 Å². The number of benzene rings is 2. The van der Waals surface area contributed by atoms with E-state index in [9.17, 15) is 9.59 Å². The Morgan fingerprint density at radius 1 is 1.14 bits per heavy atom. The molecule has 1 amide bonds. The van der Waals surface area contributed by atoms with Crippen LogP contribution in [0.25, 0.3) is 22.0 Å². The molecule has 2 aromatic heterocycles. The molecular formula is C27H26N6O4. The Bertz CT molecular complexity index is 1640. The lowest BCUT2D eigenvalue weighted by molar-refractivity contribution is 0.0995. The number of amides is 1. The molecule has 10 nitrogen and oxygen atoms in total. The van der Waals surface area contributed by atoms with Gasteiger partial charge in [-0.15, -0.1) is 6.42 Å². The summed E-state index contributed by atoms with van der Waals surface area (Å²) in [6.07, 6.45) is 7.54. The maximum absolute atomic E-state index is 13.2. The molecule has 0 spiro atoms. The largest absolute Gasteiger partial charge is 0.495 e. The summed E-state index contributed by atoms with van der Waals surface area (Å²) in [7, 11) is 2.75. The van der Waals surface area contributed by atoms with E-state index in [2.05, 4.69) is 40.2 Å². The van der Waals surface area contributed by atoms with Gasteiger partial charge in [0.15, 0.2) is 0 Å². The van der Waals surface area contributed by atoms with Crippen molar-refractivity contribution >= 4 is 28.6 Å². The van der Waals surface area contributed by atoms with Crippen LogP contribution in [0.2, 0.25) is 0 Å². The number of methoxy groups -OCH3 is 2. The van der Waals surface area contributed by atoms with E-state index in [0.29, 0.717) is 28.8 Å². The number of aromatic nitrogens is 3. The number of hydrogen-bond acceptors (Lipinski definition) is 8. The minimum absolute atomic E-state index is 0.0538. The Kier molecular flexibility index (Phi) is 6.71. The molecule has 0 saturated carbocycles. The number of carbonyl (C=O) groups excluding carboxylic acids is 1. The molecule has 10 heteroatoms. The van der Waals surface area contributed by atoms with Gasteiger partial charge >= 0.3 is 0 Å². The second-order valence-electron chi connectivity index (χ2n) is 8.20. The zero-order valence-corrected chi connectivity index (χ0v) is 20.7. The molecule has 2 aliphatic carbocycles. The first kappa shape index (κ1) is 25.1. The number of anilines is 2. The zero-order chi connectivity index (χ0) is 26.9. The Morgan fingerprint density at radius 3 is 2.30 bits per heavy atom. The molecule has 0 saturated heterocycles. The number of nitrogens with zero attached hydrogens (tertiary/aromatic N) is 3. The van der Waals surface area contributed by atoms with Gasteiger partial charge in [-0.3, -0.25) is 9.59 Å². The fourth-order valence-corrected chi connectivity index (χ4v) is 4.29. The monoisotopic (exact) mass is 498 g/mol. The number of rotatable bonds is 6. The van der Waals surface area contributed by atoms with Crippen LogP contribution < -0.4 is 32.1 Å². The van der Waals surface area contributed by atoms with Crippen molar-refractivity contribution in [2.75, 3.05) is 25.7 Å². The van der Waals surface area contributed by atoms with Gasteiger partial charge in [0.1, 0.15) is 17.1 Å². The molecule has 37 heavy (non-hydrogen) atoms. The highest BCUT2D eigenvalue weighted by atomic mass is 16.5. The molecule has 1 aromatic carbocycles. The number of pyridine rings is 1. The van der Waals surface area contributed by atoms with Crippen LogP contribution in [-0.2, 0) is 13.0 Å². The zero-order valence-electron chi connectivity index (χ0n) is 20.7. The molecule has 0 fully saturated rings. The summed E-state index contributed by atoms with van der Waals surface area (Å²) < 4.78 is 12.6. The van der Waals surface area contributed by atoms with E-state index in [0.717, 1.165) is 0 Å². The Morgan fingerprint density at radius 2 is 1.84 bits per heavy atom. The minimum Gasteiger partial charge on any atom is -0.495 e. The molecule has 0 bridgehead atoms. The van der Waals surface area contributed by atoms with Crippen molar-refractivity contribution in [1.82, 2.24) is 14.5 Å². The number of fused-ring (bicyclic) bond motifs is 2. The summed E-state index contributed by atoms with van der Waals surface area (Å²) in [6, 6.07) is 10.2. The first-order valence-electron chi connectivity index (χ1n) is 11.3. The fourth-order valence-electron chi connectivity index (χ4n) is 4.29. The van der Waals surface area contributed by atoms with Crippen molar-refractivity contribution in [2.45, 2.75) is 19.9 Å². The van der Waals surface area contributed by atoms with Crippen molar-refractivity contribution in [1.29, 1.82) is 0 Å². The second-order valence-corrected chi connectivity index (χ2v) is 8.20. The summed E-state index contributed by atoms with van der Waals surface area (Å²) in [5, 5.41) is 0.136. The molecule has 2 aliphatic rings. The number of nitrogen functional groups attached to an aromatic ring is 2. The van der Waals surface area contributed by atoms with Crippen LogP contribution in [0.1, 0.15) is 34.0 Å². The van der Waals surface area contributed by atoms with Gasteiger partial charge in [-0.2, -0.15) is 4.98 Å². The topological polar surface area (TPSA) is 161 Å². The average Bonchev–Trinajstić information content (AvgIpc) is 3.48. The summed E-state index contributed by atoms with van der Waals surface area (Å²) in [4.78, 5) is 33.2. The predicted molar refractivity (Wildman–Crippen MR) is 143 cm³/mol. The van der Waals surface area contributed by atoms with E-state index in [1.165, 1.54) is 31.5 Å². The van der Waals surface area contributed by atoms with E-state index >= 15 is 0 Å². The Balaban J connectivity index is 0.000000458. The number of terminal acetylenes is 1. The van der Waals surface area contributed by atoms with Gasteiger partial charge in [0.2, 0.25) is 17.3 Å². The first-order chi connectivity index (χ1) is 17.7. The van der Waals surface area contributed by atoms with E-state index in [1.807, 2.05) is 6.92 Å². The van der Waals surface area contributed by atoms with E-state index in [1.54, 1.807) is 10.6 Å². The summed E-state index contributed by atoms with van der Waals surface area (Å²) >= 11 is 0. The van der Waals surface area contributed by atoms with Crippen LogP contribution in [0, 0.1) is 12.3 Å². The molecular weight excluding hydrogens is 472 g/mol. The number of aryl methyl sites for hydroxylation is 1. The van der Waals surface area contributed by atoms with Crippen LogP contribution in [0.3, 0.4) is 0 Å². The smallest absolute Gasteiger partial charge is 0.258 e. The molecule has 0 atom stereocenters. The van der Waals surface area contributed by atoms with Gasteiger partial charge in [-0.25, -0.2) is 4.98 Å². The maximum Gasteiger partial charge on any atom is 0.258 e. The van der Waals surface area contributed by atoms with Gasteiger partial charge in [0.25, 0.3) is 5.91 Å². The van der Waals surface area contributed by atoms with E-state index in [4.69, 9.17) is 33.1 Å². The van der Waals surface area contributed by atoms with Crippen LogP contribution >= 0.6 is 0 Å². The molecule has 0 aliphatic heterocycles. The van der Waals surface area contributed by atoms with Crippen molar-refractivity contribution in [2.24, 2.45) is 5.73 Å². The predicted octanol–water partition coefficient (Wildman–Crippen LogP) is 2.33. The number of primary amides is 1. The second kappa shape index (κ2) is 9.91. The molecule has 3 aromatic rings. The third-order valence-corrected chi connectivity index (χ3v) is 6.06. The molecule has 6 N–H and O–H groups in total. The third kappa shape index (κ3) is 4.50. The summed E-state index contributed by atoms with van der Waals surface area (Å²) in [5.41, 5.74) is 21.0. The van der Waals surface area contributed by atoms with Crippen molar-refractivity contribution in [3.8, 4) is 35.1 Å². The third-order valence-electron chi connectivity index (χ3n) is 6.06. The normalized spacial score (nSPS) is 10.8. The van der Waals surface area contributed by atoms with Crippen molar-refractivity contribution in [3.63, 3.8) is 0 Å². The quantitative estimate of drug-likeness (QED) is 0.301. The first-order valence-corrected chi connectivity index (χ1v) is 11.3. The molecule has 0 radical (unpaired) electrons. The standard InChI is InChI=1S/C21H22N6O4.C6H4/c1-5-12-10(7-11-9-25-21(24)26-18(11)22)8-13-14(17(12)30-3)16(28)15(19(23)29)20(31-4)27(13)6-2;1-2-5-4-6(5)3-1/h1,8-9H,6-7H2,2-4H3,(H2,23,29)(H4,22,24,25,26);1-4H. The van der Waals surface area contributed by atoms with Gasteiger partial charge in [-0.05, 0) is 35.7 Å². The summed E-state index contributed by atoms with van der Waals surface area (Å²) in [6.45, 7) is 2.22. The molecule has 188 valence electrons. The van der Waals surface area contributed by atoms with Gasteiger partial charge < -0.3 is 31.2 Å². The fraction of sp³-hybridized carbons (Fsp3) is 0.185. The van der Waals surface area contributed by atoms with Crippen LogP contribution in [-0.4, -0.2) is 34.7 Å². The molecule has 2 heterocycles. The highest BCUT2D eigenvalue weighted by Gasteiger charge is 2.26. The van der Waals surface area contributed by atoms with E-state index < -0.39 is 11.3 Å². The number of hydrogen-bond donors (Lipinski definition) is 3. The van der Waals surface area contributed by atoms with Crippen LogP contribution in [0.15, 0.2) is 41.3 Å². The van der Waals surface area contributed by atoms with Gasteiger partial charge in [0.05, 0.1) is 30.7 Å². The van der Waals surface area contributed by atoms with Crippen molar-refractivity contribution in [3.05, 3.63) is 69.0 Å². The Hall–Kier alpha value is -5.04. The lowest BCUT2D eigenvalue weighted by atomic mass is 9.96. The number of ether oxygens (including phenoxy) is 2.